The minimum atomic E-state index is 0.159. The number of amides is 2. The number of piperidine rings is 1. The molecule has 6 rings (SSSR count). The van der Waals surface area contributed by atoms with Crippen molar-refractivity contribution < 1.29 is 9.59 Å². The van der Waals surface area contributed by atoms with E-state index < -0.39 is 0 Å². The number of benzene rings is 1. The van der Waals surface area contributed by atoms with Crippen LogP contribution in [0.25, 0.3) is 0 Å². The highest BCUT2D eigenvalue weighted by atomic mass is 32.2. The van der Waals surface area contributed by atoms with Crippen LogP contribution in [0.1, 0.15) is 50.0 Å². The van der Waals surface area contributed by atoms with Crippen LogP contribution in [-0.4, -0.2) is 57.8 Å². The van der Waals surface area contributed by atoms with Crippen molar-refractivity contribution >= 4 is 23.6 Å². The molecule has 27 heavy (non-hydrogen) atoms. The standard InChI is InChI=1S/C22H28N2O2S/c25-21(14-27-18-8-4-5-9-18)24-16-10-17(24)13-23(12-16)22(26)20-11-19(20)15-6-2-1-3-7-15/h1-3,6-7,16-20H,4-5,8-14H2/t16?,17?,19?,20-/m0/s1. The lowest BCUT2D eigenvalue weighted by molar-refractivity contribution is -0.159. The second-order valence-electron chi connectivity index (χ2n) is 8.66. The van der Waals surface area contributed by atoms with Crippen LogP contribution in [0.15, 0.2) is 30.3 Å². The molecule has 0 N–H and O–H groups in total. The summed E-state index contributed by atoms with van der Waals surface area (Å²) in [6, 6.07) is 10.9. The lowest BCUT2D eigenvalue weighted by Gasteiger charge is -2.56. The Hall–Kier alpha value is -1.49. The van der Waals surface area contributed by atoms with Gasteiger partial charge in [-0.15, -0.1) is 11.8 Å². The zero-order valence-electron chi connectivity index (χ0n) is 15.8. The Morgan fingerprint density at radius 2 is 1.70 bits per heavy atom. The van der Waals surface area contributed by atoms with E-state index in [4.69, 9.17) is 0 Å². The molecule has 1 aromatic carbocycles. The van der Waals surface area contributed by atoms with Gasteiger partial charge in [0.2, 0.25) is 11.8 Å². The molecular weight excluding hydrogens is 356 g/mol. The third-order valence-corrected chi connectivity index (χ3v) is 8.23. The van der Waals surface area contributed by atoms with Crippen LogP contribution in [0.2, 0.25) is 0 Å². The van der Waals surface area contributed by atoms with Crippen LogP contribution in [0, 0.1) is 5.92 Å². The van der Waals surface area contributed by atoms with Crippen LogP contribution in [-0.2, 0) is 9.59 Å². The summed E-state index contributed by atoms with van der Waals surface area (Å²) in [4.78, 5) is 29.7. The van der Waals surface area contributed by atoms with Gasteiger partial charge in [-0.2, -0.15) is 0 Å². The van der Waals surface area contributed by atoms with Gasteiger partial charge in [0.15, 0.2) is 0 Å². The summed E-state index contributed by atoms with van der Waals surface area (Å²) >= 11 is 1.86. The van der Waals surface area contributed by atoms with E-state index in [1.54, 1.807) is 0 Å². The monoisotopic (exact) mass is 384 g/mol. The number of nitrogens with zero attached hydrogens (tertiary/aromatic N) is 2. The molecule has 2 amide bonds. The molecule has 4 atom stereocenters. The molecule has 0 spiro atoms. The second-order valence-corrected chi connectivity index (χ2v) is 9.95. The van der Waals surface area contributed by atoms with Gasteiger partial charge in [-0.3, -0.25) is 9.59 Å². The molecule has 5 fully saturated rings. The molecule has 3 saturated heterocycles. The van der Waals surface area contributed by atoms with Gasteiger partial charge in [0, 0.05) is 24.3 Å². The lowest BCUT2D eigenvalue weighted by atomic mass is 9.87. The molecule has 2 bridgehead atoms. The molecule has 0 radical (unpaired) electrons. The van der Waals surface area contributed by atoms with Gasteiger partial charge in [-0.05, 0) is 37.2 Å². The highest BCUT2D eigenvalue weighted by Gasteiger charge is 2.52. The molecule has 3 heterocycles. The average Bonchev–Trinajstić information content (AvgIpc) is 3.33. The summed E-state index contributed by atoms with van der Waals surface area (Å²) in [5.41, 5.74) is 1.29. The van der Waals surface area contributed by atoms with E-state index in [9.17, 15) is 9.59 Å². The Labute approximate surface area is 165 Å². The minimum absolute atomic E-state index is 0.159. The molecule has 1 aromatic rings. The van der Waals surface area contributed by atoms with Gasteiger partial charge < -0.3 is 9.80 Å². The fourth-order valence-electron chi connectivity index (χ4n) is 5.29. The molecular formula is C22H28N2O2S. The fraction of sp³-hybridized carbons (Fsp3) is 0.636. The van der Waals surface area contributed by atoms with Gasteiger partial charge in [0.25, 0.3) is 0 Å². The summed E-state index contributed by atoms with van der Waals surface area (Å²) < 4.78 is 0. The van der Waals surface area contributed by atoms with E-state index in [-0.39, 0.29) is 18.0 Å². The summed E-state index contributed by atoms with van der Waals surface area (Å²) in [5, 5.41) is 0.693. The van der Waals surface area contributed by atoms with E-state index in [0.29, 0.717) is 28.7 Å². The number of hydrogen-bond donors (Lipinski definition) is 0. The maximum Gasteiger partial charge on any atom is 0.233 e. The van der Waals surface area contributed by atoms with Crippen LogP contribution >= 0.6 is 11.8 Å². The Morgan fingerprint density at radius 1 is 1.00 bits per heavy atom. The first-order chi connectivity index (χ1) is 13.2. The van der Waals surface area contributed by atoms with Crippen molar-refractivity contribution in [2.45, 2.75) is 61.8 Å². The van der Waals surface area contributed by atoms with Crippen LogP contribution in [0.3, 0.4) is 0 Å². The predicted octanol–water partition coefficient (Wildman–Crippen LogP) is 3.28. The van der Waals surface area contributed by atoms with Crippen molar-refractivity contribution in [1.82, 2.24) is 9.80 Å². The number of rotatable bonds is 5. The normalized spacial score (nSPS) is 32.3. The van der Waals surface area contributed by atoms with Gasteiger partial charge in [0.05, 0.1) is 17.8 Å². The van der Waals surface area contributed by atoms with Crippen molar-refractivity contribution in [2.24, 2.45) is 5.92 Å². The zero-order valence-corrected chi connectivity index (χ0v) is 16.6. The van der Waals surface area contributed by atoms with Gasteiger partial charge >= 0.3 is 0 Å². The molecule has 0 aromatic heterocycles. The molecule has 4 nitrogen and oxygen atoms in total. The first-order valence-corrected chi connectivity index (χ1v) is 11.5. The summed E-state index contributed by atoms with van der Waals surface area (Å²) in [6.07, 6.45) is 7.26. The van der Waals surface area contributed by atoms with E-state index in [0.717, 1.165) is 25.9 Å². The summed E-state index contributed by atoms with van der Waals surface area (Å²) in [5.74, 6) is 1.80. The van der Waals surface area contributed by atoms with Gasteiger partial charge in [0.1, 0.15) is 0 Å². The van der Waals surface area contributed by atoms with Crippen molar-refractivity contribution in [3.8, 4) is 0 Å². The van der Waals surface area contributed by atoms with Crippen LogP contribution < -0.4 is 0 Å². The number of fused-ring (bicyclic) bond motifs is 2. The van der Waals surface area contributed by atoms with E-state index in [2.05, 4.69) is 29.2 Å². The first-order valence-electron chi connectivity index (χ1n) is 10.5. The van der Waals surface area contributed by atoms with Gasteiger partial charge in [-0.25, -0.2) is 0 Å². The predicted molar refractivity (Wildman–Crippen MR) is 108 cm³/mol. The molecule has 2 saturated carbocycles. The number of thioether (sulfide) groups is 1. The zero-order chi connectivity index (χ0) is 18.4. The summed E-state index contributed by atoms with van der Waals surface area (Å²) in [7, 11) is 0. The Morgan fingerprint density at radius 3 is 2.41 bits per heavy atom. The van der Waals surface area contributed by atoms with Gasteiger partial charge in [-0.1, -0.05) is 43.2 Å². The van der Waals surface area contributed by atoms with Crippen LogP contribution in [0.4, 0.5) is 0 Å². The molecule has 144 valence electrons. The quantitative estimate of drug-likeness (QED) is 0.782. The highest BCUT2D eigenvalue weighted by molar-refractivity contribution is 8.00. The third kappa shape index (κ3) is 3.39. The van der Waals surface area contributed by atoms with E-state index >= 15 is 0 Å². The van der Waals surface area contributed by atoms with E-state index in [1.807, 2.05) is 22.7 Å². The second kappa shape index (κ2) is 7.16. The van der Waals surface area contributed by atoms with Crippen molar-refractivity contribution in [3.63, 3.8) is 0 Å². The number of carbonyl (C=O) groups is 2. The number of hydrogen-bond acceptors (Lipinski definition) is 3. The Kier molecular flexibility index (Phi) is 4.66. The maximum absolute atomic E-state index is 12.9. The van der Waals surface area contributed by atoms with Crippen molar-refractivity contribution in [1.29, 1.82) is 0 Å². The molecule has 5 heteroatoms. The summed E-state index contributed by atoms with van der Waals surface area (Å²) in [6.45, 7) is 1.49. The fourth-order valence-corrected chi connectivity index (χ4v) is 6.48. The SMILES string of the molecule is O=C([C@H]1CC1c1ccccc1)N1CC2CC(C1)N2C(=O)CSC1CCCC1. The Bertz CT molecular complexity index is 706. The first kappa shape index (κ1) is 17.6. The average molecular weight is 385 g/mol. The third-order valence-electron chi connectivity index (χ3n) is 6.87. The Balaban J connectivity index is 1.13. The molecule has 5 aliphatic rings. The highest BCUT2D eigenvalue weighted by Crippen LogP contribution is 2.49. The number of piperazine rings is 1. The van der Waals surface area contributed by atoms with Crippen molar-refractivity contribution in [2.75, 3.05) is 18.8 Å². The van der Waals surface area contributed by atoms with E-state index in [1.165, 1.54) is 31.2 Å². The number of carbonyl (C=O) groups excluding carboxylic acids is 2. The minimum Gasteiger partial charge on any atom is -0.338 e. The van der Waals surface area contributed by atoms with Crippen molar-refractivity contribution in [3.05, 3.63) is 35.9 Å². The van der Waals surface area contributed by atoms with Crippen LogP contribution in [0.5, 0.6) is 0 Å². The maximum atomic E-state index is 12.9. The largest absolute Gasteiger partial charge is 0.338 e. The molecule has 3 aliphatic heterocycles. The lowest BCUT2D eigenvalue weighted by Crippen LogP contribution is -2.71. The topological polar surface area (TPSA) is 40.6 Å². The molecule has 3 unspecified atom stereocenters. The molecule has 2 aliphatic carbocycles. The smallest absolute Gasteiger partial charge is 0.233 e.